The Labute approximate surface area is 295 Å². The van der Waals surface area contributed by atoms with Crippen LogP contribution in [0.4, 0.5) is 4.79 Å². The van der Waals surface area contributed by atoms with Crippen molar-refractivity contribution in [3.05, 3.63) is 121 Å². The summed E-state index contributed by atoms with van der Waals surface area (Å²) in [6.45, 7) is 0. The summed E-state index contributed by atoms with van der Waals surface area (Å²) in [5.74, 6) is -1.08. The summed E-state index contributed by atoms with van der Waals surface area (Å²) < 4.78 is 30.1. The zero-order valence-electron chi connectivity index (χ0n) is 28.5. The smallest absolute Gasteiger partial charge is 0.313 e. The molecule has 0 atom stereocenters. The lowest BCUT2D eigenvalue weighted by Gasteiger charge is -2.40. The number of hydrogen-bond donors (Lipinski definition) is 0. The molecule has 9 heteroatoms. The topological polar surface area (TPSA) is 91.8 Å². The van der Waals surface area contributed by atoms with E-state index >= 15 is 13.9 Å². The van der Waals surface area contributed by atoms with E-state index in [9.17, 15) is 9.59 Å². The first kappa shape index (κ1) is 35.8. The molecule has 0 saturated heterocycles. The minimum atomic E-state index is -3.52. The number of imide groups is 2. The van der Waals surface area contributed by atoms with Gasteiger partial charge in [0.1, 0.15) is 0 Å². The van der Waals surface area contributed by atoms with Crippen LogP contribution >= 0.6 is 14.3 Å². The molecule has 4 aromatic carbocycles. The van der Waals surface area contributed by atoms with E-state index in [1.54, 1.807) is 97.1 Å². The third-order valence-corrected chi connectivity index (χ3v) is 16.2. The Morgan fingerprint density at radius 2 is 0.700 bits per heavy atom. The fraction of sp³-hybridized carbons (Fsp3) is 0.341. The summed E-state index contributed by atoms with van der Waals surface area (Å²) in [4.78, 5) is 47.1. The molecule has 2 aliphatic carbocycles. The molecule has 260 valence electrons. The first-order chi connectivity index (χ1) is 24.3. The van der Waals surface area contributed by atoms with Crippen molar-refractivity contribution in [2.24, 2.45) is 0 Å². The van der Waals surface area contributed by atoms with Gasteiger partial charge in [-0.05, 0) is 25.7 Å². The SMILES string of the molecule is O=C(CP(=O)(c1ccccc1)c1ccccc1)N(C(=O)N(C(=O)CP(=O)(c1ccccc1)c1ccccc1)C1CCCCC1)C1CCCCC1. The number of hydrogen-bond acceptors (Lipinski definition) is 5. The van der Waals surface area contributed by atoms with Crippen LogP contribution in [0.25, 0.3) is 0 Å². The number of rotatable bonds is 10. The van der Waals surface area contributed by atoms with Gasteiger partial charge in [-0.15, -0.1) is 0 Å². The number of carbonyl (C=O) groups excluding carboxylic acids is 3. The Bertz CT molecular complexity index is 1620. The van der Waals surface area contributed by atoms with Crippen molar-refractivity contribution >= 4 is 53.3 Å². The number of urea groups is 1. The van der Waals surface area contributed by atoms with Crippen molar-refractivity contribution in [2.45, 2.75) is 76.3 Å². The molecule has 2 aliphatic rings. The number of benzene rings is 4. The van der Waals surface area contributed by atoms with Crippen molar-refractivity contribution < 1.29 is 23.5 Å². The monoisotopic (exact) mass is 708 g/mol. The largest absolute Gasteiger partial charge is 0.333 e. The Hall–Kier alpha value is -4.05. The fourth-order valence-electron chi connectivity index (χ4n) is 7.60. The molecule has 0 heterocycles. The van der Waals surface area contributed by atoms with Gasteiger partial charge >= 0.3 is 6.03 Å². The van der Waals surface area contributed by atoms with E-state index in [2.05, 4.69) is 0 Å². The van der Waals surface area contributed by atoms with E-state index < -0.39 is 44.2 Å². The summed E-state index contributed by atoms with van der Waals surface area (Å²) in [7, 11) is -7.03. The first-order valence-electron chi connectivity index (χ1n) is 17.9. The minimum absolute atomic E-state index is 0.373. The van der Waals surface area contributed by atoms with E-state index in [0.717, 1.165) is 38.5 Å². The molecular formula is C41H46N2O5P2. The van der Waals surface area contributed by atoms with E-state index in [1.165, 1.54) is 9.80 Å². The van der Waals surface area contributed by atoms with Crippen molar-refractivity contribution in [1.82, 2.24) is 9.80 Å². The molecule has 2 saturated carbocycles. The maximum absolute atomic E-state index is 15.1. The van der Waals surface area contributed by atoms with Gasteiger partial charge in [0.05, 0.1) is 12.3 Å². The van der Waals surface area contributed by atoms with Crippen LogP contribution in [-0.4, -0.2) is 52.1 Å². The molecule has 0 bridgehead atoms. The molecule has 0 aliphatic heterocycles. The van der Waals surface area contributed by atoms with Crippen LogP contribution in [0.1, 0.15) is 64.2 Å². The zero-order chi connectivity index (χ0) is 35.0. The van der Waals surface area contributed by atoms with E-state index in [-0.39, 0.29) is 12.3 Å². The van der Waals surface area contributed by atoms with Crippen LogP contribution in [0.3, 0.4) is 0 Å². The highest BCUT2D eigenvalue weighted by Crippen LogP contribution is 2.45. The Morgan fingerprint density at radius 1 is 0.440 bits per heavy atom. The standard InChI is InChI=1S/C41H46N2O5P2/c44-39(31-49(47,35-23-11-3-12-24-35)36-25-13-4-14-26-36)42(33-19-7-1-8-20-33)41(46)43(34-21-9-2-10-22-34)40(45)32-50(48,37-27-15-5-16-28-37)38-29-17-6-18-30-38/h3-6,11-18,23-30,33-34H,1-2,7-10,19-22,31-32H2. The molecule has 0 spiro atoms. The predicted octanol–water partition coefficient (Wildman–Crippen LogP) is 7.46. The molecule has 0 radical (unpaired) electrons. The second-order valence-electron chi connectivity index (χ2n) is 13.5. The summed E-state index contributed by atoms with van der Waals surface area (Å²) in [5.41, 5.74) is 0. The molecule has 4 aromatic rings. The van der Waals surface area contributed by atoms with Crippen LogP contribution in [0.15, 0.2) is 121 Å². The first-order valence-corrected chi connectivity index (χ1v) is 21.7. The van der Waals surface area contributed by atoms with Crippen LogP contribution in [0, 0.1) is 0 Å². The molecule has 50 heavy (non-hydrogen) atoms. The molecule has 4 amide bonds. The third kappa shape index (κ3) is 7.80. The van der Waals surface area contributed by atoms with Gasteiger partial charge in [0.2, 0.25) is 11.8 Å². The number of amides is 4. The molecule has 0 N–H and O–H groups in total. The van der Waals surface area contributed by atoms with Crippen LogP contribution in [0.5, 0.6) is 0 Å². The maximum Gasteiger partial charge on any atom is 0.333 e. The van der Waals surface area contributed by atoms with Crippen LogP contribution < -0.4 is 21.2 Å². The van der Waals surface area contributed by atoms with Gasteiger partial charge in [0.25, 0.3) is 0 Å². The lowest BCUT2D eigenvalue weighted by Crippen LogP contribution is -2.58. The van der Waals surface area contributed by atoms with Gasteiger partial charge < -0.3 is 9.13 Å². The summed E-state index contributed by atoms with van der Waals surface area (Å²) in [6.07, 6.45) is 7.16. The van der Waals surface area contributed by atoms with Crippen LogP contribution in [0.2, 0.25) is 0 Å². The summed E-state index contributed by atoms with van der Waals surface area (Å²) in [5, 5.41) is 2.18. The second kappa shape index (κ2) is 16.3. The van der Waals surface area contributed by atoms with Gasteiger partial charge in [-0.3, -0.25) is 19.4 Å². The predicted molar refractivity (Wildman–Crippen MR) is 202 cm³/mol. The highest BCUT2D eigenvalue weighted by atomic mass is 31.2. The summed E-state index contributed by atoms with van der Waals surface area (Å²) in [6, 6.07) is 34.5. The molecular weight excluding hydrogens is 662 g/mol. The molecule has 2 fully saturated rings. The lowest BCUT2D eigenvalue weighted by molar-refractivity contribution is -0.132. The number of nitrogens with zero attached hydrogens (tertiary/aromatic N) is 2. The highest BCUT2D eigenvalue weighted by Gasteiger charge is 2.44. The van der Waals surface area contributed by atoms with Crippen molar-refractivity contribution in [3.63, 3.8) is 0 Å². The molecule has 6 rings (SSSR count). The molecule has 0 unspecified atom stereocenters. The van der Waals surface area contributed by atoms with Gasteiger partial charge in [-0.1, -0.05) is 160 Å². The molecule has 7 nitrogen and oxygen atoms in total. The van der Waals surface area contributed by atoms with Gasteiger partial charge in [-0.2, -0.15) is 0 Å². The lowest BCUT2D eigenvalue weighted by atomic mass is 9.93. The van der Waals surface area contributed by atoms with Crippen LogP contribution in [-0.2, 0) is 18.7 Å². The van der Waals surface area contributed by atoms with E-state index in [4.69, 9.17) is 0 Å². The fourth-order valence-corrected chi connectivity index (χ4v) is 12.6. The average molecular weight is 709 g/mol. The van der Waals surface area contributed by atoms with Gasteiger partial charge in [0, 0.05) is 33.3 Å². The highest BCUT2D eigenvalue weighted by molar-refractivity contribution is 7.79. The normalized spacial score (nSPS) is 16.0. The minimum Gasteiger partial charge on any atom is -0.313 e. The third-order valence-electron chi connectivity index (χ3n) is 10.2. The maximum atomic E-state index is 15.1. The molecule has 0 aromatic heterocycles. The van der Waals surface area contributed by atoms with Crippen molar-refractivity contribution in [3.8, 4) is 0 Å². The average Bonchev–Trinajstić information content (AvgIpc) is 3.17. The summed E-state index contributed by atoms with van der Waals surface area (Å²) >= 11 is 0. The quantitative estimate of drug-likeness (QED) is 0.160. The second-order valence-corrected chi connectivity index (χ2v) is 19.2. The van der Waals surface area contributed by atoms with Gasteiger partial charge in [-0.25, -0.2) is 4.79 Å². The Morgan fingerprint density at radius 3 is 0.960 bits per heavy atom. The van der Waals surface area contributed by atoms with E-state index in [0.29, 0.717) is 46.9 Å². The van der Waals surface area contributed by atoms with Gasteiger partial charge in [0.15, 0.2) is 14.3 Å². The van der Waals surface area contributed by atoms with E-state index in [1.807, 2.05) is 24.3 Å². The Kier molecular flexibility index (Phi) is 11.7. The van der Waals surface area contributed by atoms with Crippen molar-refractivity contribution in [2.75, 3.05) is 12.3 Å². The Balaban J connectivity index is 1.40. The zero-order valence-corrected chi connectivity index (χ0v) is 30.3. The van der Waals surface area contributed by atoms with Crippen molar-refractivity contribution in [1.29, 1.82) is 0 Å². The number of carbonyl (C=O) groups is 3.